The van der Waals surface area contributed by atoms with Gasteiger partial charge in [-0.05, 0) is 38.0 Å². The maximum absolute atomic E-state index is 13.0. The molecule has 29 heavy (non-hydrogen) atoms. The van der Waals surface area contributed by atoms with Gasteiger partial charge in [0.25, 0.3) is 17.5 Å². The third-order valence-electron chi connectivity index (χ3n) is 5.18. The summed E-state index contributed by atoms with van der Waals surface area (Å²) in [7, 11) is 0. The minimum absolute atomic E-state index is 0.108. The fourth-order valence-electron chi connectivity index (χ4n) is 3.74. The summed E-state index contributed by atoms with van der Waals surface area (Å²) in [6, 6.07) is 11.4. The molecule has 1 aromatic carbocycles. The highest BCUT2D eigenvalue weighted by Crippen LogP contribution is 2.27. The number of nitrogens with zero attached hydrogens (tertiary/aromatic N) is 5. The first-order valence-corrected chi connectivity index (χ1v) is 9.86. The van der Waals surface area contributed by atoms with E-state index in [2.05, 4.69) is 15.1 Å². The molecule has 0 radical (unpaired) electrons. The van der Waals surface area contributed by atoms with Gasteiger partial charge < -0.3 is 9.64 Å². The topological polar surface area (TPSA) is 89.7 Å². The Bertz CT molecular complexity index is 1010. The van der Waals surface area contributed by atoms with Gasteiger partial charge in [-0.25, -0.2) is 14.3 Å². The molecular formula is C21H23N5O3. The van der Waals surface area contributed by atoms with E-state index >= 15 is 0 Å². The average molecular weight is 393 g/mol. The van der Waals surface area contributed by atoms with E-state index in [0.29, 0.717) is 5.78 Å². The molecule has 1 saturated carbocycles. The number of carbonyl (C=O) groups is 2. The summed E-state index contributed by atoms with van der Waals surface area (Å²) in [4.78, 5) is 35.3. The number of aryl methyl sites for hydroxylation is 1. The average Bonchev–Trinajstić information content (AvgIpc) is 3.20. The van der Waals surface area contributed by atoms with Gasteiger partial charge >= 0.3 is 5.97 Å². The molecule has 3 aromatic rings. The van der Waals surface area contributed by atoms with Gasteiger partial charge in [-0.3, -0.25) is 4.79 Å². The van der Waals surface area contributed by atoms with Gasteiger partial charge in [0.05, 0.1) is 0 Å². The van der Waals surface area contributed by atoms with Gasteiger partial charge in [-0.1, -0.05) is 37.5 Å². The normalized spacial score (nSPS) is 14.7. The highest BCUT2D eigenvalue weighted by Gasteiger charge is 2.28. The van der Waals surface area contributed by atoms with Gasteiger partial charge in [-0.2, -0.15) is 4.98 Å². The van der Waals surface area contributed by atoms with Crippen LogP contribution in [0, 0.1) is 6.92 Å². The second kappa shape index (κ2) is 8.38. The molecule has 0 N–H and O–H groups in total. The van der Waals surface area contributed by atoms with Crippen molar-refractivity contribution in [3.8, 4) is 0 Å². The summed E-state index contributed by atoms with van der Waals surface area (Å²) < 4.78 is 6.73. The predicted octanol–water partition coefficient (Wildman–Crippen LogP) is 2.96. The van der Waals surface area contributed by atoms with Crippen LogP contribution >= 0.6 is 0 Å². The molecule has 8 nitrogen and oxygen atoms in total. The van der Waals surface area contributed by atoms with Crippen molar-refractivity contribution >= 4 is 23.3 Å². The highest BCUT2D eigenvalue weighted by molar-refractivity contribution is 5.96. The molecule has 8 heteroatoms. The van der Waals surface area contributed by atoms with E-state index in [0.717, 1.165) is 37.1 Å². The number of ether oxygens (including phenoxy) is 1. The summed E-state index contributed by atoms with van der Waals surface area (Å²) in [5.41, 5.74) is 1.62. The molecule has 0 saturated heterocycles. The van der Waals surface area contributed by atoms with E-state index in [1.165, 1.54) is 10.9 Å². The van der Waals surface area contributed by atoms with Crippen LogP contribution in [0.25, 0.3) is 5.78 Å². The molecule has 1 fully saturated rings. The van der Waals surface area contributed by atoms with E-state index < -0.39 is 5.97 Å². The number of hydrogen-bond acceptors (Lipinski definition) is 6. The Hall–Kier alpha value is -3.29. The van der Waals surface area contributed by atoms with Gasteiger partial charge in [0.1, 0.15) is 0 Å². The van der Waals surface area contributed by atoms with Crippen molar-refractivity contribution < 1.29 is 14.3 Å². The van der Waals surface area contributed by atoms with Crippen molar-refractivity contribution in [3.05, 3.63) is 54.1 Å². The Kier molecular flexibility index (Phi) is 5.50. The monoisotopic (exact) mass is 393 g/mol. The standard InChI is InChI=1S/C21H23N5O3/c1-15-12-13-22-21-23-19(24-26(15)21)20(28)29-14-18(27)25(16-8-4-2-5-9-16)17-10-6-3-7-11-17/h2,4-5,8-9,12-13,17H,3,6-7,10-11,14H2,1H3. The molecule has 1 amide bonds. The predicted molar refractivity (Wildman–Crippen MR) is 107 cm³/mol. The fourth-order valence-corrected chi connectivity index (χ4v) is 3.74. The first kappa shape index (κ1) is 19.0. The zero-order chi connectivity index (χ0) is 20.2. The summed E-state index contributed by atoms with van der Waals surface area (Å²) in [6.07, 6.45) is 6.88. The number of fused-ring (bicyclic) bond motifs is 1. The maximum atomic E-state index is 13.0. The molecule has 1 aliphatic rings. The Labute approximate surface area is 168 Å². The van der Waals surface area contributed by atoms with Crippen LogP contribution in [0.4, 0.5) is 5.69 Å². The number of aromatic nitrogens is 4. The third-order valence-corrected chi connectivity index (χ3v) is 5.18. The third kappa shape index (κ3) is 4.11. The Morgan fingerprint density at radius 1 is 1.14 bits per heavy atom. The van der Waals surface area contributed by atoms with Crippen LogP contribution in [0.3, 0.4) is 0 Å². The Morgan fingerprint density at radius 3 is 2.62 bits per heavy atom. The van der Waals surface area contributed by atoms with Gasteiger partial charge in [0, 0.05) is 23.6 Å². The zero-order valence-electron chi connectivity index (χ0n) is 16.3. The number of hydrogen-bond donors (Lipinski definition) is 0. The first-order valence-electron chi connectivity index (χ1n) is 9.86. The number of esters is 1. The largest absolute Gasteiger partial charge is 0.450 e. The first-order chi connectivity index (χ1) is 14.1. The summed E-state index contributed by atoms with van der Waals surface area (Å²) in [5.74, 6) is -0.769. The number of anilines is 1. The minimum atomic E-state index is -0.736. The van der Waals surface area contributed by atoms with Crippen molar-refractivity contribution in [2.75, 3.05) is 11.5 Å². The minimum Gasteiger partial charge on any atom is -0.450 e. The second-order valence-electron chi connectivity index (χ2n) is 7.20. The maximum Gasteiger partial charge on any atom is 0.378 e. The number of benzene rings is 1. The highest BCUT2D eigenvalue weighted by atomic mass is 16.5. The quantitative estimate of drug-likeness (QED) is 0.619. The molecule has 2 aromatic heterocycles. The van der Waals surface area contributed by atoms with Gasteiger partial charge in [0.2, 0.25) is 0 Å². The molecule has 0 atom stereocenters. The lowest BCUT2D eigenvalue weighted by atomic mass is 9.93. The van der Waals surface area contributed by atoms with Crippen molar-refractivity contribution in [2.24, 2.45) is 0 Å². The van der Waals surface area contributed by atoms with Crippen LogP contribution in [-0.4, -0.2) is 44.1 Å². The van der Waals surface area contributed by atoms with E-state index in [-0.39, 0.29) is 24.4 Å². The van der Waals surface area contributed by atoms with Crippen LogP contribution in [0.1, 0.15) is 48.4 Å². The van der Waals surface area contributed by atoms with Crippen molar-refractivity contribution in [2.45, 2.75) is 45.1 Å². The van der Waals surface area contributed by atoms with E-state index in [1.807, 2.05) is 37.3 Å². The van der Waals surface area contributed by atoms with E-state index in [9.17, 15) is 9.59 Å². The van der Waals surface area contributed by atoms with Crippen molar-refractivity contribution in [1.82, 2.24) is 19.6 Å². The van der Waals surface area contributed by atoms with Crippen LogP contribution in [0.15, 0.2) is 42.6 Å². The molecule has 0 spiro atoms. The second-order valence-corrected chi connectivity index (χ2v) is 7.20. The smallest absolute Gasteiger partial charge is 0.378 e. The fraction of sp³-hybridized carbons (Fsp3) is 0.381. The lowest BCUT2D eigenvalue weighted by Gasteiger charge is -2.34. The molecule has 1 aliphatic carbocycles. The lowest BCUT2D eigenvalue weighted by molar-refractivity contribution is -0.122. The molecule has 150 valence electrons. The lowest BCUT2D eigenvalue weighted by Crippen LogP contribution is -2.43. The molecule has 0 bridgehead atoms. The summed E-state index contributed by atoms with van der Waals surface area (Å²) in [5, 5.41) is 4.13. The van der Waals surface area contributed by atoms with Crippen LogP contribution in [-0.2, 0) is 9.53 Å². The van der Waals surface area contributed by atoms with Crippen molar-refractivity contribution in [3.63, 3.8) is 0 Å². The molecule has 2 heterocycles. The van der Waals surface area contributed by atoms with Crippen LogP contribution < -0.4 is 4.90 Å². The van der Waals surface area contributed by atoms with Gasteiger partial charge in [-0.15, -0.1) is 5.10 Å². The molecule has 4 rings (SSSR count). The molecule has 0 aliphatic heterocycles. The zero-order valence-corrected chi connectivity index (χ0v) is 16.3. The molecular weight excluding hydrogens is 370 g/mol. The van der Waals surface area contributed by atoms with E-state index in [4.69, 9.17) is 4.74 Å². The molecule has 0 unspecified atom stereocenters. The number of amides is 1. The summed E-state index contributed by atoms with van der Waals surface area (Å²) >= 11 is 0. The van der Waals surface area contributed by atoms with Gasteiger partial charge in [0.15, 0.2) is 6.61 Å². The number of carbonyl (C=O) groups excluding carboxylic acids is 2. The van der Waals surface area contributed by atoms with E-state index in [1.54, 1.807) is 17.2 Å². The van der Waals surface area contributed by atoms with Crippen molar-refractivity contribution in [1.29, 1.82) is 0 Å². The number of rotatable bonds is 5. The Morgan fingerprint density at radius 2 is 1.90 bits per heavy atom. The van der Waals surface area contributed by atoms with Crippen LogP contribution in [0.5, 0.6) is 0 Å². The Balaban J connectivity index is 1.48. The summed E-state index contributed by atoms with van der Waals surface area (Å²) in [6.45, 7) is 1.48. The van der Waals surface area contributed by atoms with Crippen LogP contribution in [0.2, 0.25) is 0 Å². The SMILES string of the molecule is Cc1ccnc2nc(C(=O)OCC(=O)N(c3ccccc3)C3CCCCC3)nn12. The number of para-hydroxylation sites is 1.